The highest BCUT2D eigenvalue weighted by molar-refractivity contribution is 6.16. The summed E-state index contributed by atoms with van der Waals surface area (Å²) in [6, 6.07) is 19.3. The first kappa shape index (κ1) is 22.3. The van der Waals surface area contributed by atoms with Crippen molar-refractivity contribution < 1.29 is 24.2 Å². The summed E-state index contributed by atoms with van der Waals surface area (Å²) in [5, 5.41) is 12.6. The molecule has 0 saturated carbocycles. The van der Waals surface area contributed by atoms with Crippen LogP contribution in [0.4, 0.5) is 0 Å². The van der Waals surface area contributed by atoms with Gasteiger partial charge >= 0.3 is 5.97 Å². The fourth-order valence-electron chi connectivity index (χ4n) is 2.86. The number of Topliss-reactive ketones (excluding diaryl/α,β-unsaturated/α-hetero) is 1. The topological polar surface area (TPSA) is 84.9 Å². The minimum Gasteiger partial charge on any atom is -0.477 e. The summed E-state index contributed by atoms with van der Waals surface area (Å²) in [6.07, 6.45) is 0. The molecule has 0 amide bonds. The number of carboxylic acid groups (broad SMARTS) is 1. The van der Waals surface area contributed by atoms with Gasteiger partial charge in [0, 0.05) is 18.2 Å². The summed E-state index contributed by atoms with van der Waals surface area (Å²) in [4.78, 5) is 23.6. The van der Waals surface area contributed by atoms with Crippen molar-refractivity contribution in [2.24, 2.45) is 5.92 Å². The molecule has 2 N–H and O–H groups in total. The third kappa shape index (κ3) is 7.52. The van der Waals surface area contributed by atoms with E-state index in [0.29, 0.717) is 18.8 Å². The molecule has 1 atom stereocenters. The number of carbonyl (C=O) groups excluding carboxylic acids is 1. The van der Waals surface area contributed by atoms with Crippen LogP contribution in [0.15, 0.2) is 71.9 Å². The molecular formula is C23H27NO5. The van der Waals surface area contributed by atoms with E-state index in [1.807, 2.05) is 67.6 Å². The van der Waals surface area contributed by atoms with Gasteiger partial charge in [-0.25, -0.2) is 4.79 Å². The van der Waals surface area contributed by atoms with E-state index < -0.39 is 11.8 Å². The third-order valence-corrected chi connectivity index (χ3v) is 4.30. The lowest BCUT2D eigenvalue weighted by Gasteiger charge is -2.20. The van der Waals surface area contributed by atoms with Gasteiger partial charge in [-0.3, -0.25) is 4.79 Å². The molecule has 0 aliphatic rings. The highest BCUT2D eigenvalue weighted by Gasteiger charge is 2.23. The van der Waals surface area contributed by atoms with Crippen LogP contribution in [-0.2, 0) is 32.2 Å². The molecule has 0 spiro atoms. The van der Waals surface area contributed by atoms with E-state index in [9.17, 15) is 14.7 Å². The number of carbonyl (C=O) groups is 2. The van der Waals surface area contributed by atoms with E-state index in [0.717, 1.165) is 11.1 Å². The fraction of sp³-hybridized carbons (Fsp3) is 0.304. The Morgan fingerprint density at radius 3 is 2.10 bits per heavy atom. The standard InChI is InChI=1S/C23H27NO5/c1-17(14-28-16-29-15-20-11-7-4-8-12-20)22(21(18(2)25)23(26)27)24-13-19-9-5-3-6-10-19/h3-12,17,24H,13-16H2,1-2H3,(H,26,27)/t17-/m0/s1. The van der Waals surface area contributed by atoms with Gasteiger partial charge in [0.15, 0.2) is 5.78 Å². The normalized spacial score (nSPS) is 12.8. The Hall–Kier alpha value is -2.96. The van der Waals surface area contributed by atoms with E-state index in [4.69, 9.17) is 9.47 Å². The minimum absolute atomic E-state index is 0.0771. The molecule has 0 radical (unpaired) electrons. The second kappa shape index (κ2) is 11.8. The van der Waals surface area contributed by atoms with E-state index in [1.54, 1.807) is 0 Å². The third-order valence-electron chi connectivity index (χ3n) is 4.30. The highest BCUT2D eigenvalue weighted by Crippen LogP contribution is 2.16. The molecule has 0 heterocycles. The zero-order chi connectivity index (χ0) is 21.1. The smallest absolute Gasteiger partial charge is 0.341 e. The molecule has 2 aromatic carbocycles. The first-order valence-electron chi connectivity index (χ1n) is 9.44. The van der Waals surface area contributed by atoms with Gasteiger partial charge in [0.1, 0.15) is 12.4 Å². The van der Waals surface area contributed by atoms with Crippen LogP contribution in [0.3, 0.4) is 0 Å². The van der Waals surface area contributed by atoms with Crippen LogP contribution in [-0.4, -0.2) is 30.3 Å². The van der Waals surface area contributed by atoms with Gasteiger partial charge in [0.2, 0.25) is 0 Å². The molecule has 2 aromatic rings. The Kier molecular flexibility index (Phi) is 9.08. The molecule has 2 rings (SSSR count). The second-order valence-corrected chi connectivity index (χ2v) is 6.71. The van der Waals surface area contributed by atoms with Gasteiger partial charge in [-0.05, 0) is 18.1 Å². The molecule has 0 aliphatic heterocycles. The molecule has 0 unspecified atom stereocenters. The average Bonchev–Trinajstić information content (AvgIpc) is 2.71. The van der Waals surface area contributed by atoms with Crippen molar-refractivity contribution in [2.75, 3.05) is 13.4 Å². The van der Waals surface area contributed by atoms with Crippen LogP contribution in [0.5, 0.6) is 0 Å². The lowest BCUT2D eigenvalue weighted by molar-refractivity contribution is -0.134. The van der Waals surface area contributed by atoms with Crippen molar-refractivity contribution in [3.63, 3.8) is 0 Å². The van der Waals surface area contributed by atoms with Gasteiger partial charge < -0.3 is 19.9 Å². The lowest BCUT2D eigenvalue weighted by atomic mass is 10.00. The number of rotatable bonds is 12. The summed E-state index contributed by atoms with van der Waals surface area (Å²) in [5.74, 6) is -2.07. The van der Waals surface area contributed by atoms with Crippen LogP contribution in [0, 0.1) is 5.92 Å². The zero-order valence-corrected chi connectivity index (χ0v) is 16.8. The van der Waals surface area contributed by atoms with Crippen LogP contribution in [0.25, 0.3) is 0 Å². The van der Waals surface area contributed by atoms with Crippen LogP contribution in [0.2, 0.25) is 0 Å². The quantitative estimate of drug-likeness (QED) is 0.187. The molecule has 0 bridgehead atoms. The summed E-state index contributed by atoms with van der Waals surface area (Å²) in [7, 11) is 0. The minimum atomic E-state index is -1.25. The maximum Gasteiger partial charge on any atom is 0.341 e. The molecular weight excluding hydrogens is 370 g/mol. The predicted octanol–water partition coefficient (Wildman–Crippen LogP) is 3.53. The van der Waals surface area contributed by atoms with Crippen molar-refractivity contribution in [3.05, 3.63) is 83.1 Å². The molecule has 6 heteroatoms. The largest absolute Gasteiger partial charge is 0.477 e. The molecule has 29 heavy (non-hydrogen) atoms. The Morgan fingerprint density at radius 1 is 0.966 bits per heavy atom. The molecule has 0 saturated heterocycles. The predicted molar refractivity (Wildman–Crippen MR) is 110 cm³/mol. The molecule has 6 nitrogen and oxygen atoms in total. The maximum atomic E-state index is 11.9. The number of benzene rings is 2. The average molecular weight is 397 g/mol. The van der Waals surface area contributed by atoms with Crippen molar-refractivity contribution >= 4 is 11.8 Å². The van der Waals surface area contributed by atoms with Crippen molar-refractivity contribution in [2.45, 2.75) is 27.0 Å². The Bertz CT molecular complexity index is 802. The van der Waals surface area contributed by atoms with Gasteiger partial charge in [-0.15, -0.1) is 0 Å². The monoisotopic (exact) mass is 397 g/mol. The Balaban J connectivity index is 1.96. The summed E-state index contributed by atoms with van der Waals surface area (Å²) in [5.41, 5.74) is 2.13. The molecule has 0 fully saturated rings. The fourth-order valence-corrected chi connectivity index (χ4v) is 2.86. The number of ketones is 1. The van der Waals surface area contributed by atoms with Gasteiger partial charge in [-0.2, -0.15) is 0 Å². The van der Waals surface area contributed by atoms with Crippen molar-refractivity contribution in [3.8, 4) is 0 Å². The van der Waals surface area contributed by atoms with Crippen molar-refractivity contribution in [1.29, 1.82) is 0 Å². The molecule has 0 aromatic heterocycles. The first-order chi connectivity index (χ1) is 14.0. The van der Waals surface area contributed by atoms with E-state index in [2.05, 4.69) is 5.32 Å². The number of carboxylic acids is 1. The van der Waals surface area contributed by atoms with E-state index in [-0.39, 0.29) is 24.9 Å². The van der Waals surface area contributed by atoms with Gasteiger partial charge in [0.05, 0.1) is 13.2 Å². The van der Waals surface area contributed by atoms with Crippen LogP contribution >= 0.6 is 0 Å². The number of aliphatic carboxylic acids is 1. The summed E-state index contributed by atoms with van der Waals surface area (Å²) >= 11 is 0. The highest BCUT2D eigenvalue weighted by atomic mass is 16.7. The van der Waals surface area contributed by atoms with Crippen molar-refractivity contribution in [1.82, 2.24) is 5.32 Å². The van der Waals surface area contributed by atoms with Gasteiger partial charge in [-0.1, -0.05) is 67.6 Å². The maximum absolute atomic E-state index is 11.9. The molecule has 154 valence electrons. The first-order valence-corrected chi connectivity index (χ1v) is 9.44. The van der Waals surface area contributed by atoms with E-state index >= 15 is 0 Å². The summed E-state index contributed by atoms with van der Waals surface area (Å²) in [6.45, 7) is 4.21. The number of hydrogen-bond acceptors (Lipinski definition) is 5. The number of nitrogens with one attached hydrogen (secondary N) is 1. The number of hydrogen-bond donors (Lipinski definition) is 2. The van der Waals surface area contributed by atoms with Gasteiger partial charge in [0.25, 0.3) is 0 Å². The lowest BCUT2D eigenvalue weighted by Crippen LogP contribution is -2.28. The second-order valence-electron chi connectivity index (χ2n) is 6.71. The Labute approximate surface area is 171 Å². The van der Waals surface area contributed by atoms with E-state index in [1.165, 1.54) is 6.92 Å². The summed E-state index contributed by atoms with van der Waals surface area (Å²) < 4.78 is 11.1. The Morgan fingerprint density at radius 2 is 1.55 bits per heavy atom. The molecule has 0 aliphatic carbocycles. The SMILES string of the molecule is CC(=O)C(C(=O)O)=C(NCc1ccccc1)[C@@H](C)COCOCc1ccccc1. The number of ether oxygens (including phenoxy) is 2. The van der Waals surface area contributed by atoms with Crippen LogP contribution < -0.4 is 5.32 Å². The zero-order valence-electron chi connectivity index (χ0n) is 16.8. The van der Waals surface area contributed by atoms with Crippen LogP contribution in [0.1, 0.15) is 25.0 Å².